The lowest BCUT2D eigenvalue weighted by Gasteiger charge is -2.40. The molecule has 2 atom stereocenters. The average Bonchev–Trinajstić information content (AvgIpc) is 2.70. The number of hydrogen-bond acceptors (Lipinski definition) is 3. The van der Waals surface area contributed by atoms with E-state index >= 15 is 0 Å². The molecule has 1 N–H and O–H groups in total. The largest absolute Gasteiger partial charge is 0.302 e. The van der Waals surface area contributed by atoms with Gasteiger partial charge < -0.3 is 5.32 Å². The van der Waals surface area contributed by atoms with Gasteiger partial charge in [0.05, 0.1) is 6.07 Å². The van der Waals surface area contributed by atoms with Crippen LogP contribution in [0.2, 0.25) is 0 Å². The van der Waals surface area contributed by atoms with E-state index in [1.165, 1.54) is 32.4 Å². The highest BCUT2D eigenvalue weighted by Gasteiger charge is 2.40. The third-order valence-corrected chi connectivity index (χ3v) is 4.64. The summed E-state index contributed by atoms with van der Waals surface area (Å²) in [5, 5.41) is 12.6. The molecule has 0 aromatic rings. The standard InChI is InChI=1S/C14H25N3/c1-13(2)7-8-17(11-13)12-5-4-6-14(9-12,10-15)16-3/h12,16H,4-9,11H2,1-3H3. The van der Waals surface area contributed by atoms with E-state index in [-0.39, 0.29) is 5.54 Å². The summed E-state index contributed by atoms with van der Waals surface area (Å²) < 4.78 is 0. The van der Waals surface area contributed by atoms with Crippen molar-refractivity contribution in [1.82, 2.24) is 10.2 Å². The first-order chi connectivity index (χ1) is 8.00. The van der Waals surface area contributed by atoms with Gasteiger partial charge in [-0.1, -0.05) is 13.8 Å². The van der Waals surface area contributed by atoms with Crippen LogP contribution in [0.15, 0.2) is 0 Å². The van der Waals surface area contributed by atoms with Crippen LogP contribution < -0.4 is 5.32 Å². The minimum atomic E-state index is -0.268. The molecule has 2 fully saturated rings. The van der Waals surface area contributed by atoms with Crippen molar-refractivity contribution in [2.75, 3.05) is 20.1 Å². The van der Waals surface area contributed by atoms with E-state index in [0.29, 0.717) is 11.5 Å². The zero-order valence-corrected chi connectivity index (χ0v) is 11.4. The highest BCUT2D eigenvalue weighted by atomic mass is 15.2. The minimum Gasteiger partial charge on any atom is -0.302 e. The van der Waals surface area contributed by atoms with Crippen LogP contribution >= 0.6 is 0 Å². The van der Waals surface area contributed by atoms with E-state index < -0.39 is 0 Å². The molecule has 2 rings (SSSR count). The Morgan fingerprint density at radius 1 is 1.35 bits per heavy atom. The van der Waals surface area contributed by atoms with Crippen LogP contribution in [0, 0.1) is 16.7 Å². The molecule has 1 aliphatic heterocycles. The molecular weight excluding hydrogens is 210 g/mol. The van der Waals surface area contributed by atoms with Gasteiger partial charge in [0.15, 0.2) is 0 Å². The van der Waals surface area contributed by atoms with Gasteiger partial charge in [-0.25, -0.2) is 0 Å². The van der Waals surface area contributed by atoms with Crippen molar-refractivity contribution < 1.29 is 0 Å². The second kappa shape index (κ2) is 4.59. The summed E-state index contributed by atoms with van der Waals surface area (Å²) in [5.74, 6) is 0. The predicted octanol–water partition coefficient (Wildman–Crippen LogP) is 2.14. The minimum absolute atomic E-state index is 0.268. The second-order valence-corrected chi connectivity index (χ2v) is 6.58. The van der Waals surface area contributed by atoms with Crippen molar-refractivity contribution in [1.29, 1.82) is 5.26 Å². The third kappa shape index (κ3) is 2.64. The molecule has 0 aromatic carbocycles. The molecule has 1 aliphatic carbocycles. The summed E-state index contributed by atoms with van der Waals surface area (Å²) in [6, 6.07) is 3.11. The molecule has 0 radical (unpaired) electrons. The highest BCUT2D eigenvalue weighted by Crippen LogP contribution is 2.36. The molecule has 1 heterocycles. The Morgan fingerprint density at radius 2 is 2.12 bits per heavy atom. The first kappa shape index (κ1) is 12.9. The van der Waals surface area contributed by atoms with Crippen molar-refractivity contribution in [2.24, 2.45) is 5.41 Å². The van der Waals surface area contributed by atoms with Crippen LogP contribution in [0.3, 0.4) is 0 Å². The van der Waals surface area contributed by atoms with E-state index in [1.807, 2.05) is 7.05 Å². The molecule has 17 heavy (non-hydrogen) atoms. The van der Waals surface area contributed by atoms with E-state index in [1.54, 1.807) is 0 Å². The summed E-state index contributed by atoms with van der Waals surface area (Å²) in [6.07, 6.45) is 5.74. The van der Waals surface area contributed by atoms with Crippen molar-refractivity contribution >= 4 is 0 Å². The Kier molecular flexibility index (Phi) is 3.47. The third-order valence-electron chi connectivity index (χ3n) is 4.64. The molecular formula is C14H25N3. The smallest absolute Gasteiger partial charge is 0.108 e. The molecule has 2 unspecified atom stereocenters. The molecule has 0 spiro atoms. The lowest BCUT2D eigenvalue weighted by molar-refractivity contribution is 0.136. The van der Waals surface area contributed by atoms with Crippen LogP contribution in [0.4, 0.5) is 0 Å². The number of nitrogens with one attached hydrogen (secondary N) is 1. The summed E-state index contributed by atoms with van der Waals surface area (Å²) in [7, 11) is 1.93. The van der Waals surface area contributed by atoms with Crippen LogP contribution in [0.1, 0.15) is 46.0 Å². The maximum Gasteiger partial charge on any atom is 0.108 e. The molecule has 0 amide bonds. The van der Waals surface area contributed by atoms with Crippen molar-refractivity contribution in [3.8, 4) is 6.07 Å². The molecule has 0 aromatic heterocycles. The van der Waals surface area contributed by atoms with Gasteiger partial charge in [0.25, 0.3) is 0 Å². The van der Waals surface area contributed by atoms with E-state index in [2.05, 4.69) is 30.1 Å². The van der Waals surface area contributed by atoms with E-state index in [0.717, 1.165) is 12.8 Å². The van der Waals surface area contributed by atoms with E-state index in [4.69, 9.17) is 0 Å². The summed E-state index contributed by atoms with van der Waals surface area (Å²) in [5.41, 5.74) is 0.196. The Morgan fingerprint density at radius 3 is 2.65 bits per heavy atom. The van der Waals surface area contributed by atoms with E-state index in [9.17, 15) is 5.26 Å². The molecule has 96 valence electrons. The first-order valence-electron chi connectivity index (χ1n) is 6.84. The Hall–Kier alpha value is -0.590. The first-order valence-corrected chi connectivity index (χ1v) is 6.84. The number of nitriles is 1. The van der Waals surface area contributed by atoms with Gasteiger partial charge in [0, 0.05) is 12.6 Å². The monoisotopic (exact) mass is 235 g/mol. The number of likely N-dealkylation sites (tertiary alicyclic amines) is 1. The van der Waals surface area contributed by atoms with Crippen LogP contribution in [0.5, 0.6) is 0 Å². The normalized spacial score (nSPS) is 37.9. The van der Waals surface area contributed by atoms with Gasteiger partial charge in [0.2, 0.25) is 0 Å². The lowest BCUT2D eigenvalue weighted by atomic mass is 9.79. The zero-order valence-electron chi connectivity index (χ0n) is 11.4. The van der Waals surface area contributed by atoms with Gasteiger partial charge in [-0.15, -0.1) is 0 Å². The Bertz CT molecular complexity index is 318. The van der Waals surface area contributed by atoms with Crippen molar-refractivity contribution in [2.45, 2.75) is 57.5 Å². The molecule has 3 heteroatoms. The van der Waals surface area contributed by atoms with Gasteiger partial charge in [0.1, 0.15) is 5.54 Å². The van der Waals surface area contributed by atoms with Crippen LogP contribution in [-0.4, -0.2) is 36.6 Å². The average molecular weight is 235 g/mol. The zero-order chi connectivity index (χ0) is 12.5. The summed E-state index contributed by atoms with van der Waals surface area (Å²) in [4.78, 5) is 2.61. The number of nitrogens with zero attached hydrogens (tertiary/aromatic N) is 2. The van der Waals surface area contributed by atoms with Crippen molar-refractivity contribution in [3.63, 3.8) is 0 Å². The molecule has 1 saturated carbocycles. The Balaban J connectivity index is 2.01. The number of rotatable bonds is 2. The second-order valence-electron chi connectivity index (χ2n) is 6.58. The van der Waals surface area contributed by atoms with Crippen LogP contribution in [0.25, 0.3) is 0 Å². The molecule has 3 nitrogen and oxygen atoms in total. The maximum absolute atomic E-state index is 9.37. The van der Waals surface area contributed by atoms with Gasteiger partial charge in [-0.05, 0) is 51.1 Å². The van der Waals surface area contributed by atoms with Gasteiger partial charge in [-0.2, -0.15) is 5.26 Å². The summed E-state index contributed by atoms with van der Waals surface area (Å²) in [6.45, 7) is 7.11. The topological polar surface area (TPSA) is 39.1 Å². The summed E-state index contributed by atoms with van der Waals surface area (Å²) >= 11 is 0. The fourth-order valence-corrected chi connectivity index (χ4v) is 3.41. The van der Waals surface area contributed by atoms with Gasteiger partial charge in [-0.3, -0.25) is 4.90 Å². The maximum atomic E-state index is 9.37. The van der Waals surface area contributed by atoms with Gasteiger partial charge >= 0.3 is 0 Å². The highest BCUT2D eigenvalue weighted by molar-refractivity contribution is 5.11. The fourth-order valence-electron chi connectivity index (χ4n) is 3.41. The van der Waals surface area contributed by atoms with Crippen molar-refractivity contribution in [3.05, 3.63) is 0 Å². The lowest BCUT2D eigenvalue weighted by Crippen LogP contribution is -2.51. The number of hydrogen-bond donors (Lipinski definition) is 1. The molecule has 2 aliphatic rings. The SMILES string of the molecule is CNC1(C#N)CCCC(N2CCC(C)(C)C2)C1. The quantitative estimate of drug-likeness (QED) is 0.797. The fraction of sp³-hybridized carbons (Fsp3) is 0.929. The molecule has 1 saturated heterocycles. The Labute approximate surface area is 105 Å². The predicted molar refractivity (Wildman–Crippen MR) is 69.6 cm³/mol. The van der Waals surface area contributed by atoms with Crippen LogP contribution in [-0.2, 0) is 0 Å². The molecule has 0 bridgehead atoms.